The molecule has 0 bridgehead atoms. The SMILES string of the molecule is C=[N+]1CC[C@@]23C=C[C@H](OC(=O)c4ccccc4)CC2Oc2c(OC)ccc(c23)C1. The van der Waals surface area contributed by atoms with Gasteiger partial charge in [0.1, 0.15) is 25.5 Å². The summed E-state index contributed by atoms with van der Waals surface area (Å²) in [5, 5.41) is 0. The van der Waals surface area contributed by atoms with Crippen molar-refractivity contribution in [3.8, 4) is 11.5 Å². The van der Waals surface area contributed by atoms with Crippen molar-refractivity contribution >= 4 is 12.7 Å². The smallest absolute Gasteiger partial charge is 0.338 e. The maximum absolute atomic E-state index is 12.5. The molecule has 1 aliphatic carbocycles. The largest absolute Gasteiger partial charge is 0.493 e. The van der Waals surface area contributed by atoms with Crippen LogP contribution < -0.4 is 9.47 Å². The molecule has 5 heteroatoms. The highest BCUT2D eigenvalue weighted by molar-refractivity contribution is 5.89. The van der Waals surface area contributed by atoms with Gasteiger partial charge in [0, 0.05) is 24.0 Å². The second-order valence-electron chi connectivity index (χ2n) is 7.99. The Morgan fingerprint density at radius 2 is 2.07 bits per heavy atom. The van der Waals surface area contributed by atoms with Crippen molar-refractivity contribution in [1.29, 1.82) is 0 Å². The molecule has 2 aromatic rings. The van der Waals surface area contributed by atoms with Crippen LogP contribution in [0.3, 0.4) is 0 Å². The summed E-state index contributed by atoms with van der Waals surface area (Å²) < 4.78 is 19.9. The van der Waals surface area contributed by atoms with Crippen molar-refractivity contribution in [2.45, 2.75) is 37.0 Å². The molecule has 2 aromatic carbocycles. The van der Waals surface area contributed by atoms with Crippen molar-refractivity contribution in [3.63, 3.8) is 0 Å². The number of benzene rings is 2. The average Bonchev–Trinajstić information content (AvgIpc) is 3.00. The first-order chi connectivity index (χ1) is 14.1. The van der Waals surface area contributed by atoms with Crippen LogP contribution in [0.2, 0.25) is 0 Å². The summed E-state index contributed by atoms with van der Waals surface area (Å²) >= 11 is 0. The Hall–Kier alpha value is -3.08. The van der Waals surface area contributed by atoms with E-state index in [1.54, 1.807) is 19.2 Å². The molecule has 0 aromatic heterocycles. The van der Waals surface area contributed by atoms with Crippen LogP contribution in [0.4, 0.5) is 0 Å². The van der Waals surface area contributed by atoms with Gasteiger partial charge in [0.25, 0.3) is 0 Å². The fraction of sp³-hybridized carbons (Fsp3) is 0.333. The van der Waals surface area contributed by atoms with Crippen LogP contribution in [0.25, 0.3) is 0 Å². The lowest BCUT2D eigenvalue weighted by atomic mass is 9.69. The molecule has 0 saturated heterocycles. The topological polar surface area (TPSA) is 47.8 Å². The molecule has 2 aliphatic heterocycles. The Morgan fingerprint density at radius 1 is 1.24 bits per heavy atom. The summed E-state index contributed by atoms with van der Waals surface area (Å²) in [5.74, 6) is 1.26. The van der Waals surface area contributed by atoms with Gasteiger partial charge in [0.15, 0.2) is 18.0 Å². The standard InChI is InChI=1S/C24H24NO4/c1-25-13-12-24-11-10-18(28-23(26)16-6-4-3-5-7-16)14-20(24)29-22-19(27-2)9-8-17(15-25)21(22)24/h3-11,18,20H,1,12-15H2,2H3/q+1/t18-,20?,24-/m0/s1. The molecule has 0 N–H and O–H groups in total. The highest BCUT2D eigenvalue weighted by Gasteiger charge is 2.54. The molecule has 1 spiro atoms. The van der Waals surface area contributed by atoms with E-state index in [0.717, 1.165) is 31.0 Å². The van der Waals surface area contributed by atoms with E-state index in [9.17, 15) is 4.79 Å². The van der Waals surface area contributed by atoms with Crippen molar-refractivity contribution in [1.82, 2.24) is 0 Å². The van der Waals surface area contributed by atoms with Gasteiger partial charge in [-0.3, -0.25) is 0 Å². The fourth-order valence-corrected chi connectivity index (χ4v) is 4.85. The number of ether oxygens (including phenoxy) is 3. The highest BCUT2D eigenvalue weighted by atomic mass is 16.6. The summed E-state index contributed by atoms with van der Waals surface area (Å²) in [7, 11) is 1.67. The van der Waals surface area contributed by atoms with E-state index >= 15 is 0 Å². The first-order valence-electron chi connectivity index (χ1n) is 9.98. The van der Waals surface area contributed by atoms with Gasteiger partial charge in [0.2, 0.25) is 0 Å². The Morgan fingerprint density at radius 3 is 2.86 bits per heavy atom. The van der Waals surface area contributed by atoms with Gasteiger partial charge < -0.3 is 14.2 Å². The molecule has 5 rings (SSSR count). The molecular formula is C24H24NO4+. The van der Waals surface area contributed by atoms with Gasteiger partial charge in [-0.25, -0.2) is 9.37 Å². The highest BCUT2D eigenvalue weighted by Crippen LogP contribution is 2.55. The summed E-state index contributed by atoms with van der Waals surface area (Å²) in [6.45, 7) is 5.83. The van der Waals surface area contributed by atoms with E-state index in [-0.39, 0.29) is 23.6 Å². The maximum Gasteiger partial charge on any atom is 0.338 e. The second-order valence-corrected chi connectivity index (χ2v) is 7.99. The number of esters is 1. The molecule has 3 atom stereocenters. The Kier molecular flexibility index (Phi) is 4.19. The van der Waals surface area contributed by atoms with Crippen LogP contribution in [0, 0.1) is 0 Å². The zero-order valence-electron chi connectivity index (χ0n) is 16.5. The second kappa shape index (κ2) is 6.76. The van der Waals surface area contributed by atoms with Crippen LogP contribution >= 0.6 is 0 Å². The quantitative estimate of drug-likeness (QED) is 0.457. The van der Waals surface area contributed by atoms with Crippen molar-refractivity contribution in [2.75, 3.05) is 13.7 Å². The fourth-order valence-electron chi connectivity index (χ4n) is 4.85. The van der Waals surface area contributed by atoms with Crippen molar-refractivity contribution in [3.05, 3.63) is 71.3 Å². The Balaban J connectivity index is 1.49. The summed E-state index contributed by atoms with van der Waals surface area (Å²) in [6, 6.07) is 13.2. The monoisotopic (exact) mass is 390 g/mol. The first kappa shape index (κ1) is 18.0. The summed E-state index contributed by atoms with van der Waals surface area (Å²) in [6.07, 6.45) is 5.32. The number of rotatable bonds is 3. The normalized spacial score (nSPS) is 26.7. The Bertz CT molecular complexity index is 1010. The molecule has 0 amide bonds. The van der Waals surface area contributed by atoms with Gasteiger partial charge in [-0.05, 0) is 30.3 Å². The molecule has 29 heavy (non-hydrogen) atoms. The molecule has 148 valence electrons. The molecule has 0 saturated carbocycles. The molecule has 5 nitrogen and oxygen atoms in total. The van der Waals surface area contributed by atoms with Crippen LogP contribution in [0.1, 0.15) is 34.3 Å². The van der Waals surface area contributed by atoms with Crippen LogP contribution in [0.15, 0.2) is 54.6 Å². The van der Waals surface area contributed by atoms with Gasteiger partial charge in [0.05, 0.1) is 18.1 Å². The van der Waals surface area contributed by atoms with E-state index in [4.69, 9.17) is 14.2 Å². The number of nitrogens with zero attached hydrogens (tertiary/aromatic N) is 1. The van der Waals surface area contributed by atoms with Crippen LogP contribution in [-0.4, -0.2) is 43.1 Å². The van der Waals surface area contributed by atoms with E-state index in [1.165, 1.54) is 11.1 Å². The van der Waals surface area contributed by atoms with E-state index in [0.29, 0.717) is 12.0 Å². The maximum atomic E-state index is 12.5. The molecule has 2 heterocycles. The summed E-state index contributed by atoms with van der Waals surface area (Å²) in [5.41, 5.74) is 2.75. The number of hydrogen-bond donors (Lipinski definition) is 0. The molecule has 3 aliphatic rings. The third kappa shape index (κ3) is 2.84. The Labute approximate surface area is 170 Å². The number of carbonyl (C=O) groups is 1. The van der Waals surface area contributed by atoms with Gasteiger partial charge >= 0.3 is 5.97 Å². The first-order valence-corrected chi connectivity index (χ1v) is 9.98. The lowest BCUT2D eigenvalue weighted by Gasteiger charge is -2.35. The zero-order valence-corrected chi connectivity index (χ0v) is 16.5. The predicted octanol–water partition coefficient (Wildman–Crippen LogP) is 3.50. The van der Waals surface area contributed by atoms with E-state index in [1.807, 2.05) is 30.3 Å². The third-order valence-corrected chi connectivity index (χ3v) is 6.29. The molecule has 0 radical (unpaired) electrons. The number of carbonyl (C=O) groups excluding carboxylic acids is 1. The van der Waals surface area contributed by atoms with E-state index in [2.05, 4.69) is 23.4 Å². The van der Waals surface area contributed by atoms with Gasteiger partial charge in [-0.1, -0.05) is 24.3 Å². The van der Waals surface area contributed by atoms with Crippen LogP contribution in [-0.2, 0) is 16.7 Å². The number of hydrogen-bond acceptors (Lipinski definition) is 4. The van der Waals surface area contributed by atoms with Crippen LogP contribution in [0.5, 0.6) is 11.5 Å². The van der Waals surface area contributed by atoms with Gasteiger partial charge in [-0.15, -0.1) is 0 Å². The van der Waals surface area contributed by atoms with Gasteiger partial charge in [-0.2, -0.15) is 0 Å². The third-order valence-electron chi connectivity index (χ3n) is 6.29. The van der Waals surface area contributed by atoms with Crippen molar-refractivity contribution in [2.24, 2.45) is 0 Å². The summed E-state index contributed by atoms with van der Waals surface area (Å²) in [4.78, 5) is 12.5. The molecule has 1 unspecified atom stereocenters. The minimum absolute atomic E-state index is 0.0994. The molecule has 0 fully saturated rings. The predicted molar refractivity (Wildman–Crippen MR) is 109 cm³/mol. The minimum Gasteiger partial charge on any atom is -0.493 e. The lowest BCUT2D eigenvalue weighted by molar-refractivity contribution is -0.535. The zero-order chi connectivity index (χ0) is 20.0. The van der Waals surface area contributed by atoms with E-state index < -0.39 is 0 Å². The van der Waals surface area contributed by atoms with Crippen molar-refractivity contribution < 1.29 is 23.6 Å². The number of methoxy groups -OCH3 is 1. The average molecular weight is 390 g/mol. The lowest BCUT2D eigenvalue weighted by Crippen LogP contribution is -2.43. The molecular weight excluding hydrogens is 366 g/mol. The minimum atomic E-state index is -0.318.